The number of nitrogens with one attached hydrogen (secondary N) is 2. The molecule has 25 heavy (non-hydrogen) atoms. The largest absolute Gasteiger partial charge is 0.508 e. The fourth-order valence-electron chi connectivity index (χ4n) is 2.99. The number of fused-ring (bicyclic) bond motifs is 1. The lowest BCUT2D eigenvalue weighted by molar-refractivity contribution is 0.475. The molecule has 0 bridgehead atoms. The van der Waals surface area contributed by atoms with Gasteiger partial charge in [-0.15, -0.1) is 6.58 Å². The number of hydrogen-bond donors (Lipinski definition) is 3. The van der Waals surface area contributed by atoms with Gasteiger partial charge in [-0.3, -0.25) is 0 Å². The lowest BCUT2D eigenvalue weighted by atomic mass is 9.91. The number of nitrogens with zero attached hydrogens (tertiary/aromatic N) is 2. The Bertz CT molecular complexity index is 985. The van der Waals surface area contributed by atoms with Crippen molar-refractivity contribution in [2.75, 3.05) is 5.32 Å². The van der Waals surface area contributed by atoms with Crippen LogP contribution >= 0.6 is 0 Å². The van der Waals surface area contributed by atoms with Crippen molar-refractivity contribution >= 4 is 16.9 Å². The molecule has 4 rings (SSSR count). The first-order valence-corrected chi connectivity index (χ1v) is 8.08. The summed E-state index contributed by atoms with van der Waals surface area (Å²) < 4.78 is 0. The molecule has 5 nitrogen and oxygen atoms in total. The van der Waals surface area contributed by atoms with Crippen molar-refractivity contribution in [3.8, 4) is 17.0 Å². The maximum Gasteiger partial charge on any atom is 0.143 e. The second kappa shape index (κ2) is 5.94. The molecule has 1 atom stereocenters. The van der Waals surface area contributed by atoms with Crippen molar-refractivity contribution in [3.05, 3.63) is 73.6 Å². The van der Waals surface area contributed by atoms with Gasteiger partial charge in [0.05, 0.1) is 10.9 Å². The molecule has 2 heterocycles. The van der Waals surface area contributed by atoms with E-state index in [0.717, 1.165) is 34.5 Å². The number of rotatable bonds is 4. The number of hydrogen-bond acceptors (Lipinski definition) is 4. The van der Waals surface area contributed by atoms with E-state index in [1.807, 2.05) is 36.4 Å². The molecule has 1 aliphatic carbocycles. The summed E-state index contributed by atoms with van der Waals surface area (Å²) in [6.45, 7) is 3.97. The second-order valence-corrected chi connectivity index (χ2v) is 6.08. The van der Waals surface area contributed by atoms with Crippen LogP contribution in [-0.4, -0.2) is 25.6 Å². The smallest absolute Gasteiger partial charge is 0.143 e. The highest BCUT2D eigenvalue weighted by atomic mass is 16.3. The molecule has 0 radical (unpaired) electrons. The molecule has 5 heteroatoms. The Hall–Kier alpha value is -3.34. The molecular weight excluding hydrogens is 312 g/mol. The van der Waals surface area contributed by atoms with Gasteiger partial charge in [-0.25, -0.2) is 9.97 Å². The highest BCUT2D eigenvalue weighted by Gasteiger charge is 2.24. The third-order valence-corrected chi connectivity index (χ3v) is 4.42. The Morgan fingerprint density at radius 2 is 2.04 bits per heavy atom. The predicted octanol–water partition coefficient (Wildman–Crippen LogP) is 4.18. The highest BCUT2D eigenvalue weighted by molar-refractivity contribution is 5.92. The van der Waals surface area contributed by atoms with Gasteiger partial charge in [0.15, 0.2) is 0 Å². The van der Waals surface area contributed by atoms with Crippen molar-refractivity contribution in [2.45, 2.75) is 12.0 Å². The standard InChI is InChI=1S/C20H18N4O/c1-2-20(10-4-3-5-11-20)24-19-16-12-17(23-18(16)21-13-22-19)14-6-8-15(25)9-7-14/h2-10,12-13,25H,1,11H2,(H2,21,22,23,24)/t20-/m1/s1. The van der Waals surface area contributed by atoms with Gasteiger partial charge >= 0.3 is 0 Å². The van der Waals surface area contributed by atoms with Gasteiger partial charge in [0.2, 0.25) is 0 Å². The average molecular weight is 330 g/mol. The van der Waals surface area contributed by atoms with Crippen molar-refractivity contribution in [3.63, 3.8) is 0 Å². The maximum atomic E-state index is 9.46. The lowest BCUT2D eigenvalue weighted by Gasteiger charge is -2.29. The average Bonchev–Trinajstić information content (AvgIpc) is 3.08. The first-order chi connectivity index (χ1) is 12.2. The van der Waals surface area contributed by atoms with Crippen LogP contribution in [-0.2, 0) is 0 Å². The van der Waals surface area contributed by atoms with E-state index in [4.69, 9.17) is 0 Å². The number of phenolic OH excluding ortho intramolecular Hbond substituents is 1. The monoisotopic (exact) mass is 330 g/mol. The minimum absolute atomic E-state index is 0.243. The van der Waals surface area contributed by atoms with Crippen molar-refractivity contribution in [1.29, 1.82) is 0 Å². The van der Waals surface area contributed by atoms with Crippen LogP contribution in [0.4, 0.5) is 5.82 Å². The van der Waals surface area contributed by atoms with Gasteiger partial charge in [0.1, 0.15) is 23.5 Å². The molecule has 0 amide bonds. The van der Waals surface area contributed by atoms with Crippen LogP contribution in [0.25, 0.3) is 22.3 Å². The van der Waals surface area contributed by atoms with E-state index in [-0.39, 0.29) is 11.3 Å². The summed E-state index contributed by atoms with van der Waals surface area (Å²) in [6, 6.07) is 9.07. The number of phenols is 1. The number of aromatic hydroxyl groups is 1. The van der Waals surface area contributed by atoms with Crippen LogP contribution in [0.1, 0.15) is 6.42 Å². The topological polar surface area (TPSA) is 73.8 Å². The number of allylic oxidation sites excluding steroid dienone is 2. The molecule has 0 saturated carbocycles. The molecule has 0 fully saturated rings. The summed E-state index contributed by atoms with van der Waals surface area (Å²) in [5, 5.41) is 13.9. The lowest BCUT2D eigenvalue weighted by Crippen LogP contribution is -2.34. The summed E-state index contributed by atoms with van der Waals surface area (Å²) >= 11 is 0. The van der Waals surface area contributed by atoms with Crippen LogP contribution in [0.2, 0.25) is 0 Å². The van der Waals surface area contributed by atoms with Crippen LogP contribution in [0.15, 0.2) is 73.6 Å². The van der Waals surface area contributed by atoms with Crippen LogP contribution in [0.3, 0.4) is 0 Å². The van der Waals surface area contributed by atoms with E-state index in [9.17, 15) is 5.11 Å². The first kappa shape index (κ1) is 15.2. The van der Waals surface area contributed by atoms with E-state index >= 15 is 0 Å². The Labute approximate surface area is 145 Å². The third kappa shape index (κ3) is 2.80. The van der Waals surface area contributed by atoms with Crippen LogP contribution < -0.4 is 5.32 Å². The summed E-state index contributed by atoms with van der Waals surface area (Å²) in [5.74, 6) is 0.998. The molecule has 1 aliphatic rings. The van der Waals surface area contributed by atoms with Gasteiger partial charge in [0, 0.05) is 5.69 Å². The number of aromatic nitrogens is 3. The van der Waals surface area contributed by atoms with E-state index in [1.165, 1.54) is 0 Å². The van der Waals surface area contributed by atoms with Gasteiger partial charge in [-0.2, -0.15) is 0 Å². The predicted molar refractivity (Wildman–Crippen MR) is 100 cm³/mol. The SMILES string of the molecule is C=C[C@@]1(Nc2ncnc3[nH]c(-c4ccc(O)cc4)cc23)C=CC=CC1. The number of anilines is 1. The Morgan fingerprint density at radius 1 is 1.20 bits per heavy atom. The molecule has 1 aromatic carbocycles. The third-order valence-electron chi connectivity index (χ3n) is 4.42. The number of aromatic amines is 1. The normalized spacial score (nSPS) is 19.2. The number of H-pyrrole nitrogens is 1. The zero-order chi connectivity index (χ0) is 17.3. The fourth-order valence-corrected chi connectivity index (χ4v) is 2.99. The van der Waals surface area contributed by atoms with E-state index in [2.05, 4.69) is 39.0 Å². The zero-order valence-electron chi connectivity index (χ0n) is 13.6. The van der Waals surface area contributed by atoms with Crippen molar-refractivity contribution in [1.82, 2.24) is 15.0 Å². The van der Waals surface area contributed by atoms with Crippen LogP contribution in [0, 0.1) is 0 Å². The number of benzene rings is 1. The minimum atomic E-state index is -0.355. The highest BCUT2D eigenvalue weighted by Crippen LogP contribution is 2.31. The molecule has 0 unspecified atom stereocenters. The van der Waals surface area contributed by atoms with Gasteiger partial charge in [-0.05, 0) is 42.3 Å². The van der Waals surface area contributed by atoms with Gasteiger partial charge < -0.3 is 15.4 Å². The minimum Gasteiger partial charge on any atom is -0.508 e. The van der Waals surface area contributed by atoms with E-state index < -0.39 is 0 Å². The Kier molecular flexibility index (Phi) is 3.61. The molecule has 3 aromatic rings. The summed E-state index contributed by atoms with van der Waals surface area (Å²) in [5.41, 5.74) is 2.30. The fraction of sp³-hybridized carbons (Fsp3) is 0.100. The second-order valence-electron chi connectivity index (χ2n) is 6.08. The summed E-state index contributed by atoms with van der Waals surface area (Å²) in [4.78, 5) is 12.1. The molecule has 124 valence electrons. The molecule has 0 spiro atoms. The maximum absolute atomic E-state index is 9.46. The first-order valence-electron chi connectivity index (χ1n) is 8.08. The Morgan fingerprint density at radius 3 is 2.76 bits per heavy atom. The van der Waals surface area contributed by atoms with Gasteiger partial charge in [-0.1, -0.05) is 30.4 Å². The van der Waals surface area contributed by atoms with Crippen molar-refractivity contribution in [2.24, 2.45) is 0 Å². The van der Waals surface area contributed by atoms with Crippen molar-refractivity contribution < 1.29 is 5.11 Å². The summed E-state index contributed by atoms with van der Waals surface area (Å²) in [7, 11) is 0. The van der Waals surface area contributed by atoms with Gasteiger partial charge in [0.25, 0.3) is 0 Å². The molecule has 2 aromatic heterocycles. The zero-order valence-corrected chi connectivity index (χ0v) is 13.6. The molecule has 3 N–H and O–H groups in total. The van der Waals surface area contributed by atoms with Crippen LogP contribution in [0.5, 0.6) is 5.75 Å². The molecular formula is C20H18N4O. The van der Waals surface area contributed by atoms with E-state index in [1.54, 1.807) is 18.5 Å². The Balaban J connectivity index is 1.75. The molecule has 0 saturated heterocycles. The van der Waals surface area contributed by atoms with E-state index in [0.29, 0.717) is 0 Å². The molecule has 0 aliphatic heterocycles. The summed E-state index contributed by atoms with van der Waals surface area (Å²) in [6.07, 6.45) is 12.5. The quantitative estimate of drug-likeness (QED) is 0.627.